The molecule has 36 heavy (non-hydrogen) atoms. The van der Waals surface area contributed by atoms with Crippen LogP contribution in [0.25, 0.3) is 0 Å². The Morgan fingerprint density at radius 3 is 2.33 bits per heavy atom. The molecule has 1 atom stereocenters. The monoisotopic (exact) mass is 479 g/mol. The topological polar surface area (TPSA) is 61.9 Å². The van der Waals surface area contributed by atoms with Crippen LogP contribution in [-0.2, 0) is 37.6 Å². The Morgan fingerprint density at radius 2 is 1.61 bits per heavy atom. The first-order valence-electron chi connectivity index (χ1n) is 12.5. The Morgan fingerprint density at radius 1 is 0.889 bits per heavy atom. The Bertz CT molecular complexity index is 1320. The van der Waals surface area contributed by atoms with Crippen molar-refractivity contribution in [2.45, 2.75) is 51.7 Å². The van der Waals surface area contributed by atoms with Crippen molar-refractivity contribution in [2.75, 3.05) is 0 Å². The van der Waals surface area contributed by atoms with Gasteiger partial charge < -0.3 is 15.0 Å². The zero-order chi connectivity index (χ0) is 24.6. The zero-order valence-corrected chi connectivity index (χ0v) is 20.2. The lowest BCUT2D eigenvalue weighted by Crippen LogP contribution is -2.49. The SMILES string of the molecule is C=C1CCC(N2Cc3c(OCc4ccc(CN5Cc6ccccc6C5)cc4)cccc3C2=O)C(=O)N1. The maximum Gasteiger partial charge on any atom is 0.255 e. The molecule has 0 radical (unpaired) electrons. The van der Waals surface area contributed by atoms with E-state index in [9.17, 15) is 9.59 Å². The molecule has 3 aromatic carbocycles. The lowest BCUT2D eigenvalue weighted by atomic mass is 10.0. The van der Waals surface area contributed by atoms with Crippen LogP contribution >= 0.6 is 0 Å². The van der Waals surface area contributed by atoms with Gasteiger partial charge in [0.25, 0.3) is 5.91 Å². The number of ether oxygens (including phenoxy) is 1. The molecule has 0 aromatic heterocycles. The fraction of sp³-hybridized carbons (Fsp3) is 0.267. The van der Waals surface area contributed by atoms with Gasteiger partial charge in [-0.3, -0.25) is 14.5 Å². The molecule has 0 saturated carbocycles. The van der Waals surface area contributed by atoms with Crippen molar-refractivity contribution in [3.63, 3.8) is 0 Å². The Balaban J connectivity index is 1.09. The fourth-order valence-corrected chi connectivity index (χ4v) is 5.45. The summed E-state index contributed by atoms with van der Waals surface area (Å²) in [7, 11) is 0. The lowest BCUT2D eigenvalue weighted by molar-refractivity contribution is -0.126. The summed E-state index contributed by atoms with van der Waals surface area (Å²) in [6.07, 6.45) is 1.27. The predicted molar refractivity (Wildman–Crippen MR) is 137 cm³/mol. The third kappa shape index (κ3) is 4.29. The van der Waals surface area contributed by atoms with Gasteiger partial charge in [0.1, 0.15) is 18.4 Å². The van der Waals surface area contributed by atoms with Crippen LogP contribution in [0, 0.1) is 0 Å². The van der Waals surface area contributed by atoms with Gasteiger partial charge in [0, 0.05) is 36.5 Å². The van der Waals surface area contributed by atoms with Crippen LogP contribution in [0.2, 0.25) is 0 Å². The standard InChI is InChI=1S/C30H29N3O3/c1-20-9-14-27(29(34)31-20)33-18-26-25(30(33)35)7-4-8-28(26)36-19-22-12-10-21(11-13-22)15-32-16-23-5-2-3-6-24(23)17-32/h2-8,10-13,27H,1,9,14-19H2,(H,31,34). The van der Waals surface area contributed by atoms with Crippen LogP contribution in [0.5, 0.6) is 5.75 Å². The molecule has 2 amide bonds. The first-order chi connectivity index (χ1) is 17.5. The first-order valence-corrected chi connectivity index (χ1v) is 12.5. The zero-order valence-electron chi connectivity index (χ0n) is 20.2. The minimum absolute atomic E-state index is 0.114. The van der Waals surface area contributed by atoms with E-state index in [-0.39, 0.29) is 11.8 Å². The largest absolute Gasteiger partial charge is 0.489 e. The molecule has 3 heterocycles. The molecule has 1 unspecified atom stereocenters. The van der Waals surface area contributed by atoms with E-state index in [2.05, 4.69) is 65.3 Å². The maximum absolute atomic E-state index is 13.1. The first kappa shape index (κ1) is 22.6. The van der Waals surface area contributed by atoms with E-state index < -0.39 is 6.04 Å². The van der Waals surface area contributed by atoms with Crippen molar-refractivity contribution in [3.8, 4) is 5.75 Å². The molecular formula is C30H29N3O3. The number of benzene rings is 3. The van der Waals surface area contributed by atoms with Crippen molar-refractivity contribution in [1.29, 1.82) is 0 Å². The van der Waals surface area contributed by atoms with Crippen LogP contribution in [0.4, 0.5) is 0 Å². The molecule has 6 heteroatoms. The number of amides is 2. The van der Waals surface area contributed by atoms with Gasteiger partial charge in [0.05, 0.1) is 6.54 Å². The highest BCUT2D eigenvalue weighted by Gasteiger charge is 2.39. The second kappa shape index (κ2) is 9.28. The summed E-state index contributed by atoms with van der Waals surface area (Å²) in [6, 6.07) is 22.3. The predicted octanol–water partition coefficient (Wildman–Crippen LogP) is 4.53. The van der Waals surface area contributed by atoms with E-state index in [1.165, 1.54) is 16.7 Å². The maximum atomic E-state index is 13.1. The van der Waals surface area contributed by atoms with E-state index >= 15 is 0 Å². The van der Waals surface area contributed by atoms with Gasteiger partial charge in [-0.2, -0.15) is 0 Å². The fourth-order valence-electron chi connectivity index (χ4n) is 5.45. The summed E-state index contributed by atoms with van der Waals surface area (Å²) in [5.74, 6) is 0.423. The van der Waals surface area contributed by atoms with Crippen molar-refractivity contribution in [1.82, 2.24) is 15.1 Å². The molecule has 0 bridgehead atoms. The summed E-state index contributed by atoms with van der Waals surface area (Å²) in [4.78, 5) is 29.7. The third-order valence-corrected chi connectivity index (χ3v) is 7.38. The molecule has 0 aliphatic carbocycles. The molecule has 182 valence electrons. The van der Waals surface area contributed by atoms with Crippen molar-refractivity contribution in [2.24, 2.45) is 0 Å². The smallest absolute Gasteiger partial charge is 0.255 e. The normalized spacial score (nSPS) is 19.3. The van der Waals surface area contributed by atoms with Crippen LogP contribution in [0.15, 0.2) is 79.0 Å². The van der Waals surface area contributed by atoms with Gasteiger partial charge in [0.15, 0.2) is 0 Å². The molecule has 3 aliphatic rings. The van der Waals surface area contributed by atoms with E-state index in [0.717, 1.165) is 30.8 Å². The number of nitrogens with zero attached hydrogens (tertiary/aromatic N) is 2. The van der Waals surface area contributed by atoms with Gasteiger partial charge >= 0.3 is 0 Å². The quantitative estimate of drug-likeness (QED) is 0.564. The Labute approximate surface area is 211 Å². The van der Waals surface area contributed by atoms with Crippen molar-refractivity contribution in [3.05, 3.63) is 112 Å². The molecule has 3 aromatic rings. The van der Waals surface area contributed by atoms with Crippen LogP contribution in [-0.4, -0.2) is 27.7 Å². The van der Waals surface area contributed by atoms with Crippen LogP contribution < -0.4 is 10.1 Å². The number of nitrogens with one attached hydrogen (secondary N) is 1. The molecule has 1 saturated heterocycles. The molecule has 0 spiro atoms. The third-order valence-electron chi connectivity index (χ3n) is 7.38. The molecular weight excluding hydrogens is 450 g/mol. The molecule has 3 aliphatic heterocycles. The molecule has 6 rings (SSSR count). The number of fused-ring (bicyclic) bond motifs is 2. The van der Waals surface area contributed by atoms with Crippen LogP contribution in [0.1, 0.15) is 51.0 Å². The number of rotatable bonds is 6. The Hall–Kier alpha value is -3.90. The van der Waals surface area contributed by atoms with E-state index in [4.69, 9.17) is 4.74 Å². The second-order valence-electron chi connectivity index (χ2n) is 9.88. The van der Waals surface area contributed by atoms with Crippen LogP contribution in [0.3, 0.4) is 0 Å². The van der Waals surface area contributed by atoms with Gasteiger partial charge in [-0.25, -0.2) is 0 Å². The van der Waals surface area contributed by atoms with Gasteiger partial charge in [0.2, 0.25) is 5.91 Å². The summed E-state index contributed by atoms with van der Waals surface area (Å²) < 4.78 is 6.17. The van der Waals surface area contributed by atoms with Crippen molar-refractivity contribution < 1.29 is 14.3 Å². The van der Waals surface area contributed by atoms with Gasteiger partial charge in [-0.15, -0.1) is 0 Å². The Kier molecular flexibility index (Phi) is 5.82. The minimum Gasteiger partial charge on any atom is -0.489 e. The number of hydrogen-bond acceptors (Lipinski definition) is 4. The highest BCUT2D eigenvalue weighted by Crippen LogP contribution is 2.34. The van der Waals surface area contributed by atoms with E-state index in [0.29, 0.717) is 43.0 Å². The highest BCUT2D eigenvalue weighted by molar-refractivity contribution is 6.02. The van der Waals surface area contributed by atoms with Crippen molar-refractivity contribution >= 4 is 11.8 Å². The summed E-state index contributed by atoms with van der Waals surface area (Å²) in [5.41, 5.74) is 7.38. The number of allylic oxidation sites excluding steroid dienone is 1. The minimum atomic E-state index is -0.473. The number of hydrogen-bond donors (Lipinski definition) is 1. The second-order valence-corrected chi connectivity index (χ2v) is 9.88. The van der Waals surface area contributed by atoms with Gasteiger partial charge in [-0.1, -0.05) is 61.2 Å². The molecule has 1 fully saturated rings. The summed E-state index contributed by atoms with van der Waals surface area (Å²) in [5, 5.41) is 2.79. The number of piperidine rings is 1. The van der Waals surface area contributed by atoms with Gasteiger partial charge in [-0.05, 0) is 47.2 Å². The molecule has 6 nitrogen and oxygen atoms in total. The lowest BCUT2D eigenvalue weighted by Gasteiger charge is -2.31. The van der Waals surface area contributed by atoms with E-state index in [1.807, 2.05) is 18.2 Å². The highest BCUT2D eigenvalue weighted by atomic mass is 16.5. The van der Waals surface area contributed by atoms with E-state index in [1.54, 1.807) is 4.90 Å². The number of carbonyl (C=O) groups excluding carboxylic acids is 2. The average Bonchev–Trinajstić information content (AvgIpc) is 3.44. The average molecular weight is 480 g/mol. The molecule has 1 N–H and O–H groups in total. The summed E-state index contributed by atoms with van der Waals surface area (Å²) in [6.45, 7) is 7.54. The summed E-state index contributed by atoms with van der Waals surface area (Å²) >= 11 is 0. The number of carbonyl (C=O) groups is 2.